The standard InChI is InChI=1S/C8H13NO5/c1-3-6(11)7(12)5(8(13)14-3)9-4(2)10/h3,5,7-8,12-13H,1-2H3,(H,9,10)/t3?,5?,7?,8-/m1/s1. The normalized spacial score (nSPS) is 38.1. The fourth-order valence-corrected chi connectivity index (χ4v) is 1.32. The summed E-state index contributed by atoms with van der Waals surface area (Å²) in [4.78, 5) is 21.9. The van der Waals surface area contributed by atoms with Crippen molar-refractivity contribution < 1.29 is 24.5 Å². The number of hydrogen-bond donors (Lipinski definition) is 3. The van der Waals surface area contributed by atoms with Crippen LogP contribution in [0.5, 0.6) is 0 Å². The van der Waals surface area contributed by atoms with Crippen LogP contribution in [0.1, 0.15) is 13.8 Å². The number of aliphatic hydroxyl groups is 2. The average molecular weight is 203 g/mol. The number of Topliss-reactive ketones (excluding diaryl/α,β-unsaturated/α-hetero) is 1. The van der Waals surface area contributed by atoms with Crippen molar-refractivity contribution in [2.75, 3.05) is 0 Å². The van der Waals surface area contributed by atoms with Gasteiger partial charge >= 0.3 is 0 Å². The summed E-state index contributed by atoms with van der Waals surface area (Å²) in [7, 11) is 0. The first-order valence-electron chi connectivity index (χ1n) is 4.26. The number of aliphatic hydroxyl groups excluding tert-OH is 2. The van der Waals surface area contributed by atoms with E-state index < -0.39 is 36.2 Å². The molecule has 6 heteroatoms. The second-order valence-electron chi connectivity index (χ2n) is 3.24. The van der Waals surface area contributed by atoms with Gasteiger partial charge in [0.15, 0.2) is 12.1 Å². The molecule has 1 rings (SSSR count). The molecule has 0 aliphatic carbocycles. The van der Waals surface area contributed by atoms with Crippen LogP contribution < -0.4 is 5.32 Å². The van der Waals surface area contributed by atoms with Gasteiger partial charge in [-0.05, 0) is 6.92 Å². The molecule has 0 saturated carbocycles. The summed E-state index contributed by atoms with van der Waals surface area (Å²) in [5.74, 6) is -0.992. The number of ketones is 1. The highest BCUT2D eigenvalue weighted by atomic mass is 16.6. The predicted octanol–water partition coefficient (Wildman–Crippen LogP) is -1.84. The number of hydrogen-bond acceptors (Lipinski definition) is 5. The highest BCUT2D eigenvalue weighted by molar-refractivity contribution is 5.89. The van der Waals surface area contributed by atoms with E-state index in [0.717, 1.165) is 0 Å². The first-order valence-corrected chi connectivity index (χ1v) is 4.26. The van der Waals surface area contributed by atoms with Crippen molar-refractivity contribution in [2.45, 2.75) is 38.4 Å². The van der Waals surface area contributed by atoms with Crippen molar-refractivity contribution in [1.82, 2.24) is 5.32 Å². The van der Waals surface area contributed by atoms with Crippen LogP contribution in [0.4, 0.5) is 0 Å². The number of amides is 1. The van der Waals surface area contributed by atoms with Gasteiger partial charge < -0.3 is 20.3 Å². The van der Waals surface area contributed by atoms with Crippen molar-refractivity contribution in [1.29, 1.82) is 0 Å². The zero-order chi connectivity index (χ0) is 10.9. The van der Waals surface area contributed by atoms with Crippen LogP contribution in [0.15, 0.2) is 0 Å². The van der Waals surface area contributed by atoms with E-state index in [2.05, 4.69) is 5.32 Å². The van der Waals surface area contributed by atoms with Gasteiger partial charge in [-0.2, -0.15) is 0 Å². The van der Waals surface area contributed by atoms with E-state index >= 15 is 0 Å². The fourth-order valence-electron chi connectivity index (χ4n) is 1.32. The molecule has 0 aromatic heterocycles. The largest absolute Gasteiger partial charge is 0.383 e. The van der Waals surface area contributed by atoms with Gasteiger partial charge in [-0.15, -0.1) is 0 Å². The van der Waals surface area contributed by atoms with Crippen LogP contribution in [0.3, 0.4) is 0 Å². The third-order valence-electron chi connectivity index (χ3n) is 2.05. The summed E-state index contributed by atoms with van der Waals surface area (Å²) in [6.07, 6.45) is -3.63. The van der Waals surface area contributed by atoms with Gasteiger partial charge in [0.1, 0.15) is 18.2 Å². The van der Waals surface area contributed by atoms with Crippen molar-refractivity contribution in [3.05, 3.63) is 0 Å². The van der Waals surface area contributed by atoms with E-state index in [1.807, 2.05) is 0 Å². The third-order valence-corrected chi connectivity index (χ3v) is 2.05. The number of ether oxygens (including phenoxy) is 1. The zero-order valence-corrected chi connectivity index (χ0v) is 7.93. The molecule has 1 aliphatic rings. The van der Waals surface area contributed by atoms with E-state index in [4.69, 9.17) is 4.74 Å². The molecule has 0 spiro atoms. The van der Waals surface area contributed by atoms with E-state index in [1.165, 1.54) is 13.8 Å². The highest BCUT2D eigenvalue weighted by Crippen LogP contribution is 2.15. The summed E-state index contributed by atoms with van der Waals surface area (Å²) < 4.78 is 4.81. The van der Waals surface area contributed by atoms with Crippen LogP contribution in [-0.4, -0.2) is 46.4 Å². The van der Waals surface area contributed by atoms with Crippen LogP contribution in [0, 0.1) is 0 Å². The summed E-state index contributed by atoms with van der Waals surface area (Å²) in [5, 5.41) is 21.0. The van der Waals surface area contributed by atoms with Crippen LogP contribution >= 0.6 is 0 Å². The van der Waals surface area contributed by atoms with Gasteiger partial charge in [0, 0.05) is 6.92 Å². The Bertz CT molecular complexity index is 254. The molecule has 1 amide bonds. The van der Waals surface area contributed by atoms with E-state index in [-0.39, 0.29) is 0 Å². The topological polar surface area (TPSA) is 95.9 Å². The molecule has 0 radical (unpaired) electrons. The molecular formula is C8H13NO5. The van der Waals surface area contributed by atoms with Crippen molar-refractivity contribution in [3.63, 3.8) is 0 Å². The molecule has 0 aromatic rings. The maximum absolute atomic E-state index is 11.2. The molecule has 4 atom stereocenters. The Hall–Kier alpha value is -0.980. The quantitative estimate of drug-likeness (QED) is 0.465. The van der Waals surface area contributed by atoms with E-state index in [1.54, 1.807) is 0 Å². The second kappa shape index (κ2) is 4.04. The monoisotopic (exact) mass is 203 g/mol. The molecule has 0 aromatic carbocycles. The minimum Gasteiger partial charge on any atom is -0.383 e. The Morgan fingerprint density at radius 3 is 2.57 bits per heavy atom. The lowest BCUT2D eigenvalue weighted by Gasteiger charge is -2.34. The zero-order valence-electron chi connectivity index (χ0n) is 7.93. The maximum Gasteiger partial charge on any atom is 0.217 e. The van der Waals surface area contributed by atoms with Gasteiger partial charge in [-0.25, -0.2) is 0 Å². The summed E-state index contributed by atoms with van der Waals surface area (Å²) in [5.41, 5.74) is 0. The van der Waals surface area contributed by atoms with Crippen molar-refractivity contribution in [2.24, 2.45) is 0 Å². The molecule has 3 N–H and O–H groups in total. The van der Waals surface area contributed by atoms with Crippen LogP contribution in [0.25, 0.3) is 0 Å². The molecule has 1 fully saturated rings. The maximum atomic E-state index is 11.2. The van der Waals surface area contributed by atoms with Crippen LogP contribution in [-0.2, 0) is 14.3 Å². The van der Waals surface area contributed by atoms with Gasteiger partial charge in [0.25, 0.3) is 0 Å². The minimum atomic E-state index is -1.42. The molecule has 1 saturated heterocycles. The SMILES string of the molecule is CC(=O)NC1C(O)C(=O)C(C)O[C@H]1O. The Kier molecular flexibility index (Phi) is 3.20. The van der Waals surface area contributed by atoms with Crippen molar-refractivity contribution in [3.8, 4) is 0 Å². The second-order valence-corrected chi connectivity index (χ2v) is 3.24. The highest BCUT2D eigenvalue weighted by Gasteiger charge is 2.41. The first-order chi connectivity index (χ1) is 6.43. The number of carbonyl (C=O) groups is 2. The summed E-state index contributed by atoms with van der Waals surface area (Å²) >= 11 is 0. The summed E-state index contributed by atoms with van der Waals surface area (Å²) in [6.45, 7) is 2.65. The Labute approximate surface area is 80.9 Å². The van der Waals surface area contributed by atoms with Crippen LogP contribution in [0.2, 0.25) is 0 Å². The van der Waals surface area contributed by atoms with Gasteiger partial charge in [-0.1, -0.05) is 0 Å². The van der Waals surface area contributed by atoms with Gasteiger partial charge in [0.05, 0.1) is 0 Å². The number of rotatable bonds is 1. The van der Waals surface area contributed by atoms with Crippen molar-refractivity contribution >= 4 is 11.7 Å². The van der Waals surface area contributed by atoms with Gasteiger partial charge in [0.2, 0.25) is 5.91 Å². The molecule has 1 aliphatic heterocycles. The molecule has 6 nitrogen and oxygen atoms in total. The van der Waals surface area contributed by atoms with Gasteiger partial charge in [-0.3, -0.25) is 9.59 Å². The predicted molar refractivity (Wildman–Crippen MR) is 45.2 cm³/mol. The smallest absolute Gasteiger partial charge is 0.217 e. The molecule has 1 heterocycles. The number of nitrogens with one attached hydrogen (secondary N) is 1. The number of carbonyl (C=O) groups excluding carboxylic acids is 2. The Morgan fingerprint density at radius 1 is 1.50 bits per heavy atom. The molecule has 14 heavy (non-hydrogen) atoms. The third kappa shape index (κ3) is 2.09. The minimum absolute atomic E-state index is 0.445. The average Bonchev–Trinajstić information content (AvgIpc) is 2.09. The lowest BCUT2D eigenvalue weighted by atomic mass is 9.99. The lowest BCUT2D eigenvalue weighted by Crippen LogP contribution is -2.60. The Balaban J connectivity index is 2.73. The van der Waals surface area contributed by atoms with E-state index in [0.29, 0.717) is 0 Å². The summed E-state index contributed by atoms with van der Waals surface area (Å²) in [6, 6.07) is -1.09. The first kappa shape index (κ1) is 11.1. The van der Waals surface area contributed by atoms with E-state index in [9.17, 15) is 19.8 Å². The Morgan fingerprint density at radius 2 is 2.07 bits per heavy atom. The fraction of sp³-hybridized carbons (Fsp3) is 0.750. The molecule has 3 unspecified atom stereocenters. The molecular weight excluding hydrogens is 190 g/mol. The lowest BCUT2D eigenvalue weighted by molar-refractivity contribution is -0.202. The molecule has 0 bridgehead atoms. The molecule has 80 valence electrons.